The number of fused-ring (bicyclic) bond motifs is 2. The smallest absolute Gasteiger partial charge is 0.170 e. The molecule has 6 unspecified atom stereocenters. The van der Waals surface area contributed by atoms with Crippen LogP contribution in [0.4, 0.5) is 0 Å². The molecule has 252 valence electrons. The van der Waals surface area contributed by atoms with Crippen LogP contribution in [0.2, 0.25) is 0 Å². The molecule has 8 rings (SSSR count). The average Bonchev–Trinajstić information content (AvgIpc) is 3.58. The van der Waals surface area contributed by atoms with Crippen molar-refractivity contribution >= 4 is 42.9 Å². The van der Waals surface area contributed by atoms with E-state index < -0.39 is 19.8 Å². The molecule has 0 radical (unpaired) electrons. The van der Waals surface area contributed by atoms with Crippen LogP contribution in [0.5, 0.6) is 0 Å². The van der Waals surface area contributed by atoms with Gasteiger partial charge < -0.3 is 0 Å². The molecular formula is C38H50N2O6Sn. The number of rotatable bonds is 6. The first kappa shape index (κ1) is 34.6. The van der Waals surface area contributed by atoms with E-state index in [-0.39, 0.29) is 36.0 Å². The number of benzene rings is 2. The molecule has 0 bridgehead atoms. The number of hydrogen-bond donors (Lipinski definition) is 0. The predicted molar refractivity (Wildman–Crippen MR) is 182 cm³/mol. The van der Waals surface area contributed by atoms with Crippen LogP contribution >= 0.6 is 0 Å². The Morgan fingerprint density at radius 1 is 0.596 bits per heavy atom. The van der Waals surface area contributed by atoms with E-state index in [1.165, 1.54) is 91.1 Å². The van der Waals surface area contributed by atoms with Gasteiger partial charge in [0.15, 0.2) is 11.6 Å². The van der Waals surface area contributed by atoms with Gasteiger partial charge in [0.2, 0.25) is 0 Å². The number of carbonyl (C=O) groups is 4. The normalized spacial score (nSPS) is 32.1. The number of nitrogens with zero attached hydrogens (tertiary/aromatic N) is 2. The Kier molecular flexibility index (Phi) is 11.4. The van der Waals surface area contributed by atoms with E-state index in [4.69, 9.17) is 6.15 Å². The van der Waals surface area contributed by atoms with Crippen LogP contribution in [-0.2, 0) is 15.7 Å². The van der Waals surface area contributed by atoms with E-state index in [9.17, 15) is 19.2 Å². The summed E-state index contributed by atoms with van der Waals surface area (Å²) in [6.45, 7) is 5.38. The molecule has 4 heterocycles. The van der Waals surface area contributed by atoms with Gasteiger partial charge in [0.25, 0.3) is 0 Å². The van der Waals surface area contributed by atoms with E-state index in [2.05, 4.69) is 6.24 Å². The van der Waals surface area contributed by atoms with Crippen molar-refractivity contribution in [2.45, 2.75) is 115 Å². The molecular weight excluding hydrogens is 699 g/mol. The van der Waals surface area contributed by atoms with Crippen molar-refractivity contribution < 1.29 is 25.3 Å². The zero-order valence-corrected chi connectivity index (χ0v) is 30.8. The Bertz CT molecular complexity index is 1310. The van der Waals surface area contributed by atoms with Crippen molar-refractivity contribution in [3.63, 3.8) is 0 Å². The summed E-state index contributed by atoms with van der Waals surface area (Å²) in [5.41, 5.74) is 1.21. The van der Waals surface area contributed by atoms with Crippen LogP contribution in [0.25, 0.3) is 0 Å². The number of piperidine rings is 2. The van der Waals surface area contributed by atoms with E-state index in [1.807, 2.05) is 12.1 Å². The van der Waals surface area contributed by atoms with Crippen molar-refractivity contribution in [1.29, 1.82) is 0 Å². The maximum absolute atomic E-state index is 11.2. The number of hydrogen-bond acceptors (Lipinski definition) is 8. The fraction of sp³-hybridized carbons (Fsp3) is 0.579. The van der Waals surface area contributed by atoms with Gasteiger partial charge >= 0.3 is 146 Å². The zero-order chi connectivity index (χ0) is 33.0. The second kappa shape index (κ2) is 15.5. The standard InChI is InChI=1S/2C10H10O2.2C9H15NO.Sn/c2*1-8(11)7-10(12)9-5-3-2-4-6-9;2*11-8-5-1-3-7-4-2-6-10-9(7)8;/h2*2-6H,7H2,1H3;2*7-9H,1-6H2;/q;;2*-2;+4. The SMILES string of the molecule is C1CC2CCC[N]3C2C(C1)[O][Sn]31[O]C2CCCC3CCC[N]1C32.CC(=O)CC(=O)c1ccccc1.CC(=O)CC(=O)c1ccccc1. The van der Waals surface area contributed by atoms with E-state index in [1.54, 1.807) is 48.5 Å². The second-order valence-corrected chi connectivity index (χ2v) is 22.0. The minimum atomic E-state index is -3.23. The summed E-state index contributed by atoms with van der Waals surface area (Å²) in [5.74, 6) is 1.41. The third kappa shape index (κ3) is 7.67. The topological polar surface area (TPSA) is 93.2 Å². The summed E-state index contributed by atoms with van der Waals surface area (Å²) in [7, 11) is 0. The molecule has 8 nitrogen and oxygen atoms in total. The van der Waals surface area contributed by atoms with E-state index >= 15 is 0 Å². The van der Waals surface area contributed by atoms with Crippen molar-refractivity contribution in [2.75, 3.05) is 13.1 Å². The molecule has 9 heteroatoms. The van der Waals surface area contributed by atoms with Crippen molar-refractivity contribution in [2.24, 2.45) is 11.8 Å². The van der Waals surface area contributed by atoms with Gasteiger partial charge in [-0.15, -0.1) is 0 Å². The fourth-order valence-electron chi connectivity index (χ4n) is 9.02. The molecule has 6 aliphatic rings. The molecule has 2 aliphatic carbocycles. The maximum Gasteiger partial charge on any atom is 0.170 e. The molecule has 6 fully saturated rings. The molecule has 0 N–H and O–H groups in total. The first-order valence-corrected chi connectivity index (χ1v) is 22.7. The molecule has 47 heavy (non-hydrogen) atoms. The summed E-state index contributed by atoms with van der Waals surface area (Å²) in [6.07, 6.45) is 14.9. The van der Waals surface area contributed by atoms with Gasteiger partial charge in [-0.1, -0.05) is 60.7 Å². The molecule has 0 amide bonds. The Morgan fingerprint density at radius 3 is 1.36 bits per heavy atom. The van der Waals surface area contributed by atoms with E-state index in [0.717, 1.165) is 23.9 Å². The maximum atomic E-state index is 11.2. The van der Waals surface area contributed by atoms with Gasteiger partial charge in [0, 0.05) is 11.1 Å². The molecule has 2 saturated carbocycles. The van der Waals surface area contributed by atoms with E-state index in [0.29, 0.717) is 23.3 Å². The summed E-state index contributed by atoms with van der Waals surface area (Å²) in [5, 5.41) is 0. The van der Waals surface area contributed by atoms with Crippen LogP contribution in [0.3, 0.4) is 0 Å². The van der Waals surface area contributed by atoms with Crippen LogP contribution < -0.4 is 0 Å². The molecule has 6 atom stereocenters. The molecule has 1 spiro atoms. The summed E-state index contributed by atoms with van der Waals surface area (Å²) < 4.78 is 19.9. The summed E-state index contributed by atoms with van der Waals surface area (Å²) in [4.78, 5) is 43.7. The quantitative estimate of drug-likeness (QED) is 0.189. The van der Waals surface area contributed by atoms with Crippen LogP contribution in [0.1, 0.15) is 112 Å². The van der Waals surface area contributed by atoms with Crippen LogP contribution in [-0.4, -0.2) is 86.5 Å². The average molecular weight is 750 g/mol. The first-order valence-electron chi connectivity index (χ1n) is 17.8. The molecule has 4 aliphatic heterocycles. The molecule has 4 saturated heterocycles. The monoisotopic (exact) mass is 750 g/mol. The zero-order valence-electron chi connectivity index (χ0n) is 28.0. The number of Topliss-reactive ketones (excluding diaryl/α,β-unsaturated/α-hetero) is 4. The number of carbonyl (C=O) groups excluding carboxylic acids is 4. The summed E-state index contributed by atoms with van der Waals surface area (Å²) >= 11 is -3.23. The van der Waals surface area contributed by atoms with Gasteiger partial charge in [-0.05, 0) is 13.8 Å². The van der Waals surface area contributed by atoms with Gasteiger partial charge in [-0.3, -0.25) is 19.2 Å². The molecule has 0 aromatic heterocycles. The van der Waals surface area contributed by atoms with Crippen molar-refractivity contribution in [3.8, 4) is 0 Å². The van der Waals surface area contributed by atoms with Gasteiger partial charge in [0.05, 0.1) is 12.8 Å². The van der Waals surface area contributed by atoms with Gasteiger partial charge in [-0.25, -0.2) is 0 Å². The van der Waals surface area contributed by atoms with Crippen LogP contribution in [0, 0.1) is 11.8 Å². The first-order chi connectivity index (χ1) is 22.8. The molecule has 2 aromatic carbocycles. The second-order valence-electron chi connectivity index (χ2n) is 14.2. The Hall–Kier alpha value is -2.24. The fourth-order valence-corrected chi connectivity index (χ4v) is 22.2. The van der Waals surface area contributed by atoms with Crippen molar-refractivity contribution in [3.05, 3.63) is 71.8 Å². The van der Waals surface area contributed by atoms with Crippen LogP contribution in [0.15, 0.2) is 60.7 Å². The molecule has 2 aromatic rings. The Labute approximate surface area is 285 Å². The Balaban J connectivity index is 0.000000138. The third-order valence-corrected chi connectivity index (χ3v) is 21.5. The third-order valence-electron chi connectivity index (χ3n) is 10.9. The number of ketones is 4. The largest absolute Gasteiger partial charge is 0.300 e. The predicted octanol–water partition coefficient (Wildman–Crippen LogP) is 6.45. The minimum absolute atomic E-state index is 0.00398. The minimum Gasteiger partial charge on any atom is -0.300 e. The Morgan fingerprint density at radius 2 is 0.979 bits per heavy atom. The van der Waals surface area contributed by atoms with Gasteiger partial charge in [0.1, 0.15) is 11.6 Å². The summed E-state index contributed by atoms with van der Waals surface area (Å²) in [6, 6.07) is 19.1. The van der Waals surface area contributed by atoms with Crippen molar-refractivity contribution in [1.82, 2.24) is 6.24 Å². The van der Waals surface area contributed by atoms with Gasteiger partial charge in [-0.2, -0.15) is 0 Å².